The monoisotopic (exact) mass is 295 g/mol. The second-order valence-corrected chi connectivity index (χ2v) is 6.52. The van der Waals surface area contributed by atoms with Gasteiger partial charge in [0.25, 0.3) is 5.91 Å². The molecule has 0 radical (unpaired) electrons. The van der Waals surface area contributed by atoms with Gasteiger partial charge in [-0.1, -0.05) is 11.6 Å². The molecule has 20 heavy (non-hydrogen) atoms. The summed E-state index contributed by atoms with van der Waals surface area (Å²) in [6.07, 6.45) is 6.61. The van der Waals surface area contributed by atoms with Crippen molar-refractivity contribution in [2.24, 2.45) is 5.92 Å². The number of carbonyl (C=O) groups is 1. The van der Waals surface area contributed by atoms with Crippen LogP contribution in [0.5, 0.6) is 0 Å². The van der Waals surface area contributed by atoms with Gasteiger partial charge in [0.1, 0.15) is 5.69 Å². The third-order valence-corrected chi connectivity index (χ3v) is 4.46. The Balaban J connectivity index is 1.68. The van der Waals surface area contributed by atoms with Gasteiger partial charge in [-0.2, -0.15) is 0 Å². The van der Waals surface area contributed by atoms with Gasteiger partial charge in [0.2, 0.25) is 0 Å². The lowest BCUT2D eigenvalue weighted by Crippen LogP contribution is -2.39. The second-order valence-electron chi connectivity index (χ2n) is 6.08. The largest absolute Gasteiger partial charge is 0.340 e. The molecule has 1 aromatic rings. The number of rotatable bonds is 4. The van der Waals surface area contributed by atoms with Crippen LogP contribution >= 0.6 is 11.6 Å². The first-order valence-electron chi connectivity index (χ1n) is 7.48. The van der Waals surface area contributed by atoms with Gasteiger partial charge in [-0.05, 0) is 50.8 Å². The van der Waals surface area contributed by atoms with Crippen LogP contribution in [0.4, 0.5) is 0 Å². The summed E-state index contributed by atoms with van der Waals surface area (Å²) in [7, 11) is 1.90. The van der Waals surface area contributed by atoms with Crippen LogP contribution in [0, 0.1) is 5.92 Å². The zero-order chi connectivity index (χ0) is 14.1. The van der Waals surface area contributed by atoms with Crippen molar-refractivity contribution in [3.8, 4) is 0 Å². The Labute approximate surface area is 125 Å². The maximum absolute atomic E-state index is 12.6. The standard InChI is InChI=1S/C15H22ClN3O/c1-18(9-11-3-2-6-17-8-11)15(20)14-7-12(16)10-19(14)13-4-5-13/h7,10-11,13,17H,2-6,8-9H2,1H3. The first-order valence-corrected chi connectivity index (χ1v) is 7.86. The van der Waals surface area contributed by atoms with Crippen LogP contribution < -0.4 is 5.32 Å². The average Bonchev–Trinajstić information content (AvgIpc) is 3.22. The minimum absolute atomic E-state index is 0.0920. The van der Waals surface area contributed by atoms with E-state index in [1.807, 2.05) is 18.1 Å². The van der Waals surface area contributed by atoms with E-state index in [0.717, 1.165) is 38.2 Å². The molecule has 1 unspecified atom stereocenters. The smallest absolute Gasteiger partial charge is 0.270 e. The van der Waals surface area contributed by atoms with Crippen molar-refractivity contribution < 1.29 is 4.79 Å². The molecule has 110 valence electrons. The molecule has 4 nitrogen and oxygen atoms in total. The fraction of sp³-hybridized carbons (Fsp3) is 0.667. The first-order chi connectivity index (χ1) is 9.65. The average molecular weight is 296 g/mol. The van der Waals surface area contributed by atoms with Gasteiger partial charge < -0.3 is 14.8 Å². The van der Waals surface area contributed by atoms with E-state index >= 15 is 0 Å². The molecule has 5 heteroatoms. The Bertz CT molecular complexity index is 489. The molecule has 1 aromatic heterocycles. The molecule has 0 spiro atoms. The second kappa shape index (κ2) is 5.78. The van der Waals surface area contributed by atoms with Crippen LogP contribution in [0.25, 0.3) is 0 Å². The number of hydrogen-bond acceptors (Lipinski definition) is 2. The van der Waals surface area contributed by atoms with Crippen LogP contribution in [0.3, 0.4) is 0 Å². The summed E-state index contributed by atoms with van der Waals surface area (Å²) in [5.74, 6) is 0.659. The molecule has 1 atom stereocenters. The van der Waals surface area contributed by atoms with Crippen molar-refractivity contribution in [2.75, 3.05) is 26.7 Å². The van der Waals surface area contributed by atoms with E-state index in [4.69, 9.17) is 11.6 Å². The fourth-order valence-electron chi connectivity index (χ4n) is 3.02. The quantitative estimate of drug-likeness (QED) is 0.927. The van der Waals surface area contributed by atoms with Crippen LogP contribution in [-0.2, 0) is 0 Å². The fourth-order valence-corrected chi connectivity index (χ4v) is 3.23. The number of halogens is 1. The maximum atomic E-state index is 12.6. The highest BCUT2D eigenvalue weighted by atomic mass is 35.5. The molecule has 1 N–H and O–H groups in total. The minimum Gasteiger partial charge on any atom is -0.340 e. The molecular formula is C15H22ClN3O. The maximum Gasteiger partial charge on any atom is 0.270 e. The molecule has 1 aliphatic carbocycles. The number of piperidine rings is 1. The normalized spacial score (nSPS) is 22.8. The third kappa shape index (κ3) is 3.01. The molecule has 2 fully saturated rings. The van der Waals surface area contributed by atoms with E-state index in [2.05, 4.69) is 9.88 Å². The summed E-state index contributed by atoms with van der Waals surface area (Å²) in [5, 5.41) is 4.06. The SMILES string of the molecule is CN(CC1CCCNC1)C(=O)c1cc(Cl)cn1C1CC1. The molecule has 1 saturated heterocycles. The van der Waals surface area contributed by atoms with Crippen molar-refractivity contribution in [1.82, 2.24) is 14.8 Å². The van der Waals surface area contributed by atoms with Crippen molar-refractivity contribution in [2.45, 2.75) is 31.7 Å². The summed E-state index contributed by atoms with van der Waals surface area (Å²) in [6, 6.07) is 2.28. The minimum atomic E-state index is 0.0920. The Hall–Kier alpha value is -1.00. The Morgan fingerprint density at radius 3 is 2.95 bits per heavy atom. The lowest BCUT2D eigenvalue weighted by Gasteiger charge is -2.27. The van der Waals surface area contributed by atoms with Crippen molar-refractivity contribution in [1.29, 1.82) is 0 Å². The van der Waals surface area contributed by atoms with Gasteiger partial charge in [-0.25, -0.2) is 0 Å². The van der Waals surface area contributed by atoms with E-state index < -0.39 is 0 Å². The van der Waals surface area contributed by atoms with Gasteiger partial charge in [0.05, 0.1) is 5.02 Å². The Morgan fingerprint density at radius 2 is 2.30 bits per heavy atom. The molecule has 1 saturated carbocycles. The summed E-state index contributed by atoms with van der Waals surface area (Å²) in [5.41, 5.74) is 0.740. The van der Waals surface area contributed by atoms with Gasteiger partial charge >= 0.3 is 0 Å². The first kappa shape index (κ1) is 14.0. The molecule has 2 aliphatic rings. The summed E-state index contributed by atoms with van der Waals surface area (Å²) in [4.78, 5) is 14.5. The number of nitrogens with zero attached hydrogens (tertiary/aromatic N) is 2. The van der Waals surface area contributed by atoms with E-state index in [0.29, 0.717) is 17.0 Å². The van der Waals surface area contributed by atoms with Gasteiger partial charge in [-0.3, -0.25) is 4.79 Å². The highest BCUT2D eigenvalue weighted by molar-refractivity contribution is 6.31. The van der Waals surface area contributed by atoms with E-state index in [-0.39, 0.29) is 5.91 Å². The van der Waals surface area contributed by atoms with Crippen LogP contribution in [0.1, 0.15) is 42.2 Å². The molecule has 3 rings (SSSR count). The van der Waals surface area contributed by atoms with Crippen LogP contribution in [0.15, 0.2) is 12.3 Å². The molecule has 0 aromatic carbocycles. The van der Waals surface area contributed by atoms with Gasteiger partial charge in [-0.15, -0.1) is 0 Å². The van der Waals surface area contributed by atoms with E-state index in [1.54, 1.807) is 6.07 Å². The van der Waals surface area contributed by atoms with E-state index in [9.17, 15) is 4.79 Å². The van der Waals surface area contributed by atoms with Gasteiger partial charge in [0.15, 0.2) is 0 Å². The number of aromatic nitrogens is 1. The highest BCUT2D eigenvalue weighted by Crippen LogP contribution is 2.37. The van der Waals surface area contributed by atoms with Gasteiger partial charge in [0, 0.05) is 25.8 Å². The van der Waals surface area contributed by atoms with Crippen molar-refractivity contribution in [3.05, 3.63) is 23.0 Å². The number of hydrogen-bond donors (Lipinski definition) is 1. The van der Waals surface area contributed by atoms with Crippen molar-refractivity contribution >= 4 is 17.5 Å². The highest BCUT2D eigenvalue weighted by Gasteiger charge is 2.29. The molecule has 2 heterocycles. The molecular weight excluding hydrogens is 274 g/mol. The lowest BCUT2D eigenvalue weighted by molar-refractivity contribution is 0.0754. The predicted molar refractivity (Wildman–Crippen MR) is 80.3 cm³/mol. The Morgan fingerprint density at radius 1 is 1.50 bits per heavy atom. The molecule has 1 aliphatic heterocycles. The van der Waals surface area contributed by atoms with E-state index in [1.165, 1.54) is 12.8 Å². The summed E-state index contributed by atoms with van der Waals surface area (Å²) >= 11 is 6.08. The topological polar surface area (TPSA) is 37.3 Å². The number of carbonyl (C=O) groups excluding carboxylic acids is 1. The zero-order valence-electron chi connectivity index (χ0n) is 11.9. The summed E-state index contributed by atoms with van der Waals surface area (Å²) in [6.45, 7) is 2.94. The van der Waals surface area contributed by atoms with Crippen LogP contribution in [-0.4, -0.2) is 42.1 Å². The number of nitrogens with one attached hydrogen (secondary N) is 1. The lowest BCUT2D eigenvalue weighted by atomic mass is 9.99. The zero-order valence-corrected chi connectivity index (χ0v) is 12.7. The van der Waals surface area contributed by atoms with Crippen molar-refractivity contribution in [3.63, 3.8) is 0 Å². The summed E-state index contributed by atoms with van der Waals surface area (Å²) < 4.78 is 2.06. The molecule has 0 bridgehead atoms. The Kier molecular flexibility index (Phi) is 4.03. The molecule has 1 amide bonds. The predicted octanol–water partition coefficient (Wildman–Crippen LogP) is 2.55. The van der Waals surface area contributed by atoms with Crippen LogP contribution in [0.2, 0.25) is 5.02 Å². The third-order valence-electron chi connectivity index (χ3n) is 4.25. The number of amides is 1.